The van der Waals surface area contributed by atoms with E-state index in [9.17, 15) is 0 Å². The van der Waals surface area contributed by atoms with Crippen molar-refractivity contribution in [1.29, 1.82) is 0 Å². The van der Waals surface area contributed by atoms with Crippen LogP contribution < -0.4 is 10.6 Å². The quantitative estimate of drug-likeness (QED) is 0.639. The van der Waals surface area contributed by atoms with E-state index in [1.54, 1.807) is 13.3 Å². The summed E-state index contributed by atoms with van der Waals surface area (Å²) in [6.07, 6.45) is 1.74. The molecule has 0 amide bonds. The van der Waals surface area contributed by atoms with Crippen molar-refractivity contribution in [3.63, 3.8) is 0 Å². The first-order chi connectivity index (χ1) is 6.86. The van der Waals surface area contributed by atoms with Crippen molar-refractivity contribution in [1.82, 2.24) is 15.3 Å². The summed E-state index contributed by atoms with van der Waals surface area (Å²) in [5.74, 6) is 1.62. The highest BCUT2D eigenvalue weighted by Crippen LogP contribution is 2.00. The van der Waals surface area contributed by atoms with E-state index in [0.717, 1.165) is 18.2 Å². The maximum absolute atomic E-state index is 4.92. The number of nitrogens with one attached hydrogen (secondary N) is 2. The smallest absolute Gasteiger partial charge is 0.144 e. The number of nitrogens with zero attached hydrogens (tertiary/aromatic N) is 2. The lowest BCUT2D eigenvalue weighted by molar-refractivity contribution is 0.210. The van der Waals surface area contributed by atoms with Gasteiger partial charge in [-0.2, -0.15) is 0 Å². The van der Waals surface area contributed by atoms with Gasteiger partial charge in [-0.3, -0.25) is 0 Å². The fraction of sp³-hybridized carbons (Fsp3) is 0.556. The number of anilines is 1. The average molecular weight is 196 g/mol. The molecular formula is C9H16N4O. The molecule has 0 spiro atoms. The van der Waals surface area contributed by atoms with Gasteiger partial charge in [0.15, 0.2) is 0 Å². The summed E-state index contributed by atoms with van der Waals surface area (Å²) in [6, 6.07) is 1.84. The summed E-state index contributed by atoms with van der Waals surface area (Å²) in [5.41, 5.74) is 0. The van der Waals surface area contributed by atoms with E-state index in [1.165, 1.54) is 0 Å². The van der Waals surface area contributed by atoms with Gasteiger partial charge in [-0.1, -0.05) is 0 Å². The van der Waals surface area contributed by atoms with Crippen LogP contribution in [0.25, 0.3) is 0 Å². The van der Waals surface area contributed by atoms with Gasteiger partial charge >= 0.3 is 0 Å². The van der Waals surface area contributed by atoms with Gasteiger partial charge in [0, 0.05) is 19.9 Å². The van der Waals surface area contributed by atoms with Crippen LogP contribution in [0.15, 0.2) is 12.3 Å². The molecule has 5 heteroatoms. The third-order valence-electron chi connectivity index (χ3n) is 1.65. The summed E-state index contributed by atoms with van der Waals surface area (Å²) < 4.78 is 4.92. The molecule has 0 atom stereocenters. The molecule has 14 heavy (non-hydrogen) atoms. The van der Waals surface area contributed by atoms with Crippen molar-refractivity contribution in [2.24, 2.45) is 0 Å². The number of methoxy groups -OCH3 is 1. The van der Waals surface area contributed by atoms with Crippen molar-refractivity contribution in [2.45, 2.75) is 6.54 Å². The molecule has 0 fully saturated rings. The Morgan fingerprint density at radius 2 is 2.36 bits per heavy atom. The van der Waals surface area contributed by atoms with E-state index in [1.807, 2.05) is 13.1 Å². The molecule has 0 aliphatic rings. The molecule has 78 valence electrons. The van der Waals surface area contributed by atoms with Gasteiger partial charge in [0.1, 0.15) is 11.6 Å². The largest absolute Gasteiger partial charge is 0.383 e. The third-order valence-corrected chi connectivity index (χ3v) is 1.65. The van der Waals surface area contributed by atoms with Crippen LogP contribution >= 0.6 is 0 Å². The normalized spacial score (nSPS) is 10.1. The fourth-order valence-electron chi connectivity index (χ4n) is 1.02. The standard InChI is InChI=1S/C9H16N4O/c1-10-7-9-11-4-3-8(13-9)12-5-6-14-2/h3-4,10H,5-7H2,1-2H3,(H,11,12,13). The van der Waals surface area contributed by atoms with Gasteiger partial charge in [0.25, 0.3) is 0 Å². The third kappa shape index (κ3) is 3.68. The van der Waals surface area contributed by atoms with Crippen molar-refractivity contribution in [3.8, 4) is 0 Å². The number of hydrogen-bond donors (Lipinski definition) is 2. The first kappa shape index (κ1) is 10.9. The van der Waals surface area contributed by atoms with Crippen molar-refractivity contribution < 1.29 is 4.74 Å². The molecule has 0 aromatic carbocycles. The van der Waals surface area contributed by atoms with Crippen molar-refractivity contribution >= 4 is 5.82 Å². The first-order valence-corrected chi connectivity index (χ1v) is 4.56. The molecule has 1 heterocycles. The van der Waals surface area contributed by atoms with Crippen LogP contribution in [0.4, 0.5) is 5.82 Å². The predicted molar refractivity (Wildman–Crippen MR) is 55.2 cm³/mol. The number of aromatic nitrogens is 2. The van der Waals surface area contributed by atoms with Crippen LogP contribution in [-0.2, 0) is 11.3 Å². The second-order valence-corrected chi connectivity index (χ2v) is 2.81. The van der Waals surface area contributed by atoms with Crippen molar-refractivity contribution in [3.05, 3.63) is 18.1 Å². The fourth-order valence-corrected chi connectivity index (χ4v) is 1.02. The number of hydrogen-bond acceptors (Lipinski definition) is 5. The SMILES string of the molecule is CNCc1nccc(NCCOC)n1. The van der Waals surface area contributed by atoms with E-state index in [0.29, 0.717) is 13.2 Å². The Bertz CT molecular complexity index is 267. The van der Waals surface area contributed by atoms with E-state index in [2.05, 4.69) is 20.6 Å². The minimum Gasteiger partial charge on any atom is -0.383 e. The first-order valence-electron chi connectivity index (χ1n) is 4.56. The molecule has 0 aliphatic heterocycles. The molecule has 1 rings (SSSR count). The lowest BCUT2D eigenvalue weighted by Gasteiger charge is -2.05. The summed E-state index contributed by atoms with van der Waals surface area (Å²) in [7, 11) is 3.54. The van der Waals surface area contributed by atoms with Gasteiger partial charge < -0.3 is 15.4 Å². The maximum atomic E-state index is 4.92. The molecule has 0 aliphatic carbocycles. The summed E-state index contributed by atoms with van der Waals surface area (Å²) in [5, 5.41) is 6.14. The molecular weight excluding hydrogens is 180 g/mol. The molecule has 5 nitrogen and oxygen atoms in total. The average Bonchev–Trinajstić information content (AvgIpc) is 2.19. The van der Waals surface area contributed by atoms with E-state index in [-0.39, 0.29) is 0 Å². The van der Waals surface area contributed by atoms with Crippen molar-refractivity contribution in [2.75, 3.05) is 32.6 Å². The minimum atomic E-state index is 0.672. The summed E-state index contributed by atoms with van der Waals surface area (Å²) >= 11 is 0. The summed E-state index contributed by atoms with van der Waals surface area (Å²) in [4.78, 5) is 8.41. The zero-order valence-electron chi connectivity index (χ0n) is 8.58. The van der Waals surface area contributed by atoms with Crippen LogP contribution in [0.5, 0.6) is 0 Å². The Hall–Kier alpha value is -1.20. The molecule has 0 saturated carbocycles. The maximum Gasteiger partial charge on any atom is 0.144 e. The molecule has 2 N–H and O–H groups in total. The van der Waals surface area contributed by atoms with Crippen LogP contribution in [0.1, 0.15) is 5.82 Å². The van der Waals surface area contributed by atoms with Gasteiger partial charge in [-0.05, 0) is 13.1 Å². The van der Waals surface area contributed by atoms with Gasteiger partial charge in [0.05, 0.1) is 13.2 Å². The summed E-state index contributed by atoms with van der Waals surface area (Å²) in [6.45, 7) is 2.11. The highest BCUT2D eigenvalue weighted by molar-refractivity contribution is 5.32. The molecule has 0 saturated heterocycles. The second-order valence-electron chi connectivity index (χ2n) is 2.81. The Balaban J connectivity index is 2.46. The zero-order valence-corrected chi connectivity index (χ0v) is 8.58. The number of ether oxygens (including phenoxy) is 1. The topological polar surface area (TPSA) is 59.1 Å². The molecule has 1 aromatic rings. The molecule has 0 unspecified atom stereocenters. The zero-order chi connectivity index (χ0) is 10.2. The molecule has 0 radical (unpaired) electrons. The highest BCUT2D eigenvalue weighted by Gasteiger charge is 1.96. The number of rotatable bonds is 6. The van der Waals surface area contributed by atoms with E-state index < -0.39 is 0 Å². The molecule has 1 aromatic heterocycles. The van der Waals surface area contributed by atoms with Crippen LogP contribution in [0, 0.1) is 0 Å². The predicted octanol–water partition coefficient (Wildman–Crippen LogP) is 0.254. The lowest BCUT2D eigenvalue weighted by Crippen LogP contribution is -2.12. The van der Waals surface area contributed by atoms with E-state index in [4.69, 9.17) is 4.74 Å². The molecule has 0 bridgehead atoms. The van der Waals surface area contributed by atoms with Crippen LogP contribution in [0.2, 0.25) is 0 Å². The van der Waals surface area contributed by atoms with Crippen LogP contribution in [-0.4, -0.2) is 37.3 Å². The van der Waals surface area contributed by atoms with Crippen LogP contribution in [0.3, 0.4) is 0 Å². The van der Waals surface area contributed by atoms with E-state index >= 15 is 0 Å². The highest BCUT2D eigenvalue weighted by atomic mass is 16.5. The lowest BCUT2D eigenvalue weighted by atomic mass is 10.5. The van der Waals surface area contributed by atoms with Gasteiger partial charge in [0.2, 0.25) is 0 Å². The Kier molecular flexibility index (Phi) is 4.88. The van der Waals surface area contributed by atoms with Gasteiger partial charge in [-0.15, -0.1) is 0 Å². The minimum absolute atomic E-state index is 0.672. The monoisotopic (exact) mass is 196 g/mol. The Morgan fingerprint density at radius 1 is 1.50 bits per heavy atom. The Labute approximate surface area is 83.9 Å². The second kappa shape index (κ2) is 6.28. The Morgan fingerprint density at radius 3 is 3.07 bits per heavy atom. The van der Waals surface area contributed by atoms with Gasteiger partial charge in [-0.25, -0.2) is 9.97 Å².